The molecule has 192 valence electrons. The highest BCUT2D eigenvalue weighted by Gasteiger charge is 2.09. The molecule has 1 atom stereocenters. The maximum Gasteiger partial charge on any atom is 0.414 e. The molecule has 0 spiro atoms. The van der Waals surface area contributed by atoms with Crippen LogP contribution in [-0.2, 0) is 22.6 Å². The van der Waals surface area contributed by atoms with Crippen LogP contribution >= 0.6 is 0 Å². The second-order valence-electron chi connectivity index (χ2n) is 7.95. The van der Waals surface area contributed by atoms with Gasteiger partial charge in [-0.15, -0.1) is 0 Å². The Morgan fingerprint density at radius 2 is 1.47 bits per heavy atom. The molecule has 3 aromatic rings. The number of rotatable bonds is 11. The Morgan fingerprint density at radius 3 is 2.08 bits per heavy atom. The van der Waals surface area contributed by atoms with Crippen LogP contribution in [-0.4, -0.2) is 50.6 Å². The number of hydrogen-bond donors (Lipinski definition) is 6. The van der Waals surface area contributed by atoms with Gasteiger partial charge in [-0.25, -0.2) is 9.59 Å². The molecule has 0 aliphatic rings. The number of carbonyl (C=O) groups is 2. The minimum Gasteiger partial charge on any atom is -0.504 e. The Labute approximate surface area is 209 Å². The molecule has 3 aromatic carbocycles. The Balaban J connectivity index is 0.000000678. The number of aliphatic hydroxyl groups is 1. The third kappa shape index (κ3) is 10.5. The fourth-order valence-electron chi connectivity index (χ4n) is 3.18. The third-order valence-corrected chi connectivity index (χ3v) is 5.15. The number of carboxylic acid groups (broad SMARTS) is 2. The van der Waals surface area contributed by atoms with Crippen LogP contribution < -0.4 is 10.1 Å². The predicted octanol–water partition coefficient (Wildman–Crippen LogP) is 3.48. The van der Waals surface area contributed by atoms with E-state index in [9.17, 15) is 15.3 Å². The second kappa shape index (κ2) is 15.0. The van der Waals surface area contributed by atoms with Crippen molar-refractivity contribution >= 4 is 11.9 Å². The molecule has 0 radical (unpaired) electrons. The van der Waals surface area contributed by atoms with Crippen molar-refractivity contribution in [1.29, 1.82) is 0 Å². The number of aliphatic hydroxyl groups excluding tert-OH is 1. The first-order valence-electron chi connectivity index (χ1n) is 11.4. The zero-order chi connectivity index (χ0) is 26.3. The molecule has 0 bridgehead atoms. The smallest absolute Gasteiger partial charge is 0.414 e. The van der Waals surface area contributed by atoms with E-state index in [1.807, 2.05) is 30.3 Å². The Kier molecular flexibility index (Phi) is 11.8. The summed E-state index contributed by atoms with van der Waals surface area (Å²) in [5.74, 6) is -3.18. The molecule has 0 amide bonds. The van der Waals surface area contributed by atoms with Crippen LogP contribution in [0.4, 0.5) is 0 Å². The summed E-state index contributed by atoms with van der Waals surface area (Å²) in [6.45, 7) is 1.78. The number of nitrogens with one attached hydrogen (secondary N) is 1. The molecule has 9 nitrogen and oxygen atoms in total. The SMILES string of the molecule is O=C(O)C(=O)O.Oc1ccc([C@@H](O)CNCCCCc2ccc(OCc3ccccc3)cc2)cc1O. The standard InChI is InChI=1S/C25H29NO4.C2H2O4/c27-23-14-11-21(16-24(23)28)25(29)17-26-15-5-4-6-19-9-12-22(13-10-19)30-18-20-7-2-1-3-8-20;3-1(4)2(5)6/h1-3,7-14,16,25-29H,4-6,15,17-18H2;(H,3,4)(H,5,6)/t25-;/m0./s1. The number of aliphatic carboxylic acids is 2. The molecule has 9 heteroatoms. The number of carboxylic acids is 2. The summed E-state index contributed by atoms with van der Waals surface area (Å²) in [6, 6.07) is 22.7. The number of ether oxygens (including phenoxy) is 1. The first kappa shape index (κ1) is 28.2. The van der Waals surface area contributed by atoms with Gasteiger partial charge >= 0.3 is 11.9 Å². The van der Waals surface area contributed by atoms with Crippen molar-refractivity contribution in [1.82, 2.24) is 5.32 Å². The van der Waals surface area contributed by atoms with Crippen LogP contribution in [0.2, 0.25) is 0 Å². The summed E-state index contributed by atoms with van der Waals surface area (Å²) in [7, 11) is 0. The number of aryl methyl sites for hydroxylation is 1. The normalized spacial score (nSPS) is 11.1. The van der Waals surface area contributed by atoms with Crippen LogP contribution in [0.25, 0.3) is 0 Å². The van der Waals surface area contributed by atoms with Gasteiger partial charge in [0.2, 0.25) is 0 Å². The largest absolute Gasteiger partial charge is 0.504 e. The summed E-state index contributed by atoms with van der Waals surface area (Å²) < 4.78 is 5.81. The summed E-state index contributed by atoms with van der Waals surface area (Å²) in [5.41, 5.74) is 3.01. The molecule has 0 heterocycles. The monoisotopic (exact) mass is 497 g/mol. The molecule has 0 aliphatic heterocycles. The summed E-state index contributed by atoms with van der Waals surface area (Å²) in [5, 5.41) is 47.0. The minimum atomic E-state index is -1.82. The predicted molar refractivity (Wildman–Crippen MR) is 133 cm³/mol. The Bertz CT molecular complexity index is 1070. The van der Waals surface area contributed by atoms with Crippen molar-refractivity contribution in [2.45, 2.75) is 32.0 Å². The zero-order valence-electron chi connectivity index (χ0n) is 19.7. The van der Waals surface area contributed by atoms with Gasteiger partial charge in [0.1, 0.15) is 12.4 Å². The van der Waals surface area contributed by atoms with Gasteiger partial charge in [0.15, 0.2) is 11.5 Å². The number of phenols is 2. The molecule has 0 unspecified atom stereocenters. The van der Waals surface area contributed by atoms with Crippen LogP contribution in [0.3, 0.4) is 0 Å². The first-order chi connectivity index (χ1) is 17.3. The van der Waals surface area contributed by atoms with Gasteiger partial charge in [-0.05, 0) is 66.8 Å². The molecule has 0 aliphatic carbocycles. The number of unbranched alkanes of at least 4 members (excludes halogenated alkanes) is 1. The third-order valence-electron chi connectivity index (χ3n) is 5.15. The maximum absolute atomic E-state index is 10.1. The lowest BCUT2D eigenvalue weighted by Gasteiger charge is -2.13. The van der Waals surface area contributed by atoms with E-state index in [1.165, 1.54) is 17.7 Å². The Morgan fingerprint density at radius 1 is 0.806 bits per heavy atom. The van der Waals surface area contributed by atoms with E-state index in [-0.39, 0.29) is 11.5 Å². The van der Waals surface area contributed by atoms with E-state index in [1.54, 1.807) is 6.07 Å². The average Bonchev–Trinajstić information content (AvgIpc) is 2.88. The van der Waals surface area contributed by atoms with Crippen molar-refractivity contribution in [2.75, 3.05) is 13.1 Å². The quantitative estimate of drug-likeness (QED) is 0.133. The van der Waals surface area contributed by atoms with Gasteiger partial charge in [0, 0.05) is 6.54 Å². The van der Waals surface area contributed by atoms with Crippen molar-refractivity contribution < 1.29 is 39.9 Å². The second-order valence-corrected chi connectivity index (χ2v) is 7.95. The van der Waals surface area contributed by atoms with Gasteiger partial charge in [-0.1, -0.05) is 48.5 Å². The highest BCUT2D eigenvalue weighted by Crippen LogP contribution is 2.27. The maximum atomic E-state index is 10.1. The summed E-state index contributed by atoms with van der Waals surface area (Å²) >= 11 is 0. The molecular weight excluding hydrogens is 466 g/mol. The van der Waals surface area contributed by atoms with E-state index >= 15 is 0 Å². The van der Waals surface area contributed by atoms with Gasteiger partial charge in [-0.3, -0.25) is 0 Å². The molecule has 36 heavy (non-hydrogen) atoms. The summed E-state index contributed by atoms with van der Waals surface area (Å²) in [4.78, 5) is 18.2. The highest BCUT2D eigenvalue weighted by atomic mass is 16.5. The molecular formula is C27H31NO8. The van der Waals surface area contributed by atoms with E-state index in [0.717, 1.165) is 37.1 Å². The molecule has 0 saturated heterocycles. The fraction of sp³-hybridized carbons (Fsp3) is 0.259. The molecule has 6 N–H and O–H groups in total. The Hall–Kier alpha value is -4.08. The minimum absolute atomic E-state index is 0.185. The van der Waals surface area contributed by atoms with Crippen LogP contribution in [0.5, 0.6) is 17.2 Å². The van der Waals surface area contributed by atoms with Crippen LogP contribution in [0.1, 0.15) is 35.6 Å². The van der Waals surface area contributed by atoms with E-state index in [4.69, 9.17) is 24.5 Å². The number of benzene rings is 3. The van der Waals surface area contributed by atoms with Gasteiger partial charge < -0.3 is 35.6 Å². The van der Waals surface area contributed by atoms with Crippen molar-refractivity contribution in [3.63, 3.8) is 0 Å². The number of phenolic OH excluding ortho intramolecular Hbond substituents is 2. The zero-order valence-corrected chi connectivity index (χ0v) is 19.7. The van der Waals surface area contributed by atoms with Gasteiger partial charge in [-0.2, -0.15) is 0 Å². The summed E-state index contributed by atoms with van der Waals surface area (Å²) in [6.07, 6.45) is 2.32. The fourth-order valence-corrected chi connectivity index (χ4v) is 3.18. The molecule has 3 rings (SSSR count). The molecule has 0 fully saturated rings. The van der Waals surface area contributed by atoms with E-state index in [0.29, 0.717) is 18.7 Å². The van der Waals surface area contributed by atoms with Crippen molar-refractivity contribution in [3.05, 3.63) is 89.5 Å². The van der Waals surface area contributed by atoms with E-state index in [2.05, 4.69) is 29.6 Å². The highest BCUT2D eigenvalue weighted by molar-refractivity contribution is 6.27. The number of hydrogen-bond acceptors (Lipinski definition) is 7. The first-order valence-corrected chi connectivity index (χ1v) is 11.4. The van der Waals surface area contributed by atoms with Crippen LogP contribution in [0, 0.1) is 0 Å². The van der Waals surface area contributed by atoms with Crippen molar-refractivity contribution in [3.8, 4) is 17.2 Å². The lowest BCUT2D eigenvalue weighted by molar-refractivity contribution is -0.159. The van der Waals surface area contributed by atoms with Gasteiger partial charge in [0.05, 0.1) is 6.10 Å². The van der Waals surface area contributed by atoms with E-state index < -0.39 is 18.0 Å². The van der Waals surface area contributed by atoms with Crippen LogP contribution in [0.15, 0.2) is 72.8 Å². The molecule has 0 saturated carbocycles. The number of aromatic hydroxyl groups is 2. The lowest BCUT2D eigenvalue weighted by Crippen LogP contribution is -2.22. The lowest BCUT2D eigenvalue weighted by atomic mass is 10.1. The average molecular weight is 498 g/mol. The van der Waals surface area contributed by atoms with Crippen molar-refractivity contribution in [2.24, 2.45) is 0 Å². The topological polar surface area (TPSA) is 157 Å². The van der Waals surface area contributed by atoms with Gasteiger partial charge in [0.25, 0.3) is 0 Å². The molecule has 0 aromatic heterocycles.